The van der Waals surface area contributed by atoms with E-state index in [2.05, 4.69) is 12.2 Å². The minimum absolute atomic E-state index is 0.150. The number of unbranched alkanes of at least 4 members (excludes halogenated alkanes) is 1. The average molecular weight is 316 g/mol. The van der Waals surface area contributed by atoms with E-state index < -0.39 is 6.04 Å². The Kier molecular flexibility index (Phi) is 4.23. The molecule has 2 heterocycles. The first kappa shape index (κ1) is 15.4. The van der Waals surface area contributed by atoms with Crippen LogP contribution in [0.1, 0.15) is 31.4 Å². The second-order valence-electron chi connectivity index (χ2n) is 5.57. The third-order valence-corrected chi connectivity index (χ3v) is 4.18. The Balaban J connectivity index is 2.04. The Bertz CT molecular complexity index is 668. The molecule has 0 radical (unpaired) electrons. The Morgan fingerprint density at radius 3 is 2.87 bits per heavy atom. The van der Waals surface area contributed by atoms with Crippen molar-refractivity contribution in [2.45, 2.75) is 25.8 Å². The molecular weight excluding hydrogens is 296 g/mol. The summed E-state index contributed by atoms with van der Waals surface area (Å²) >= 11 is 0. The van der Waals surface area contributed by atoms with Gasteiger partial charge in [0.05, 0.1) is 24.4 Å². The zero-order valence-corrected chi connectivity index (χ0v) is 13.3. The molecule has 23 heavy (non-hydrogen) atoms. The molecule has 2 aliphatic rings. The fraction of sp³-hybridized carbons (Fsp3) is 0.412. The lowest BCUT2D eigenvalue weighted by Crippen LogP contribution is -2.47. The Labute approximate surface area is 135 Å². The number of ether oxygens (including phenoxy) is 2. The molecule has 1 unspecified atom stereocenters. The van der Waals surface area contributed by atoms with Gasteiger partial charge in [0.2, 0.25) is 0 Å². The summed E-state index contributed by atoms with van der Waals surface area (Å²) in [6, 6.07) is 6.62. The molecule has 1 atom stereocenters. The van der Waals surface area contributed by atoms with E-state index in [-0.39, 0.29) is 18.6 Å². The molecule has 3 rings (SSSR count). The van der Waals surface area contributed by atoms with E-state index in [1.54, 1.807) is 12.0 Å². The van der Waals surface area contributed by atoms with Crippen LogP contribution in [-0.2, 0) is 9.53 Å². The highest BCUT2D eigenvalue weighted by atomic mass is 16.5. The molecule has 0 fully saturated rings. The van der Waals surface area contributed by atoms with Crippen molar-refractivity contribution in [3.63, 3.8) is 0 Å². The summed E-state index contributed by atoms with van der Waals surface area (Å²) < 4.78 is 10.6. The lowest BCUT2D eigenvalue weighted by atomic mass is 9.95. The molecule has 0 aromatic heterocycles. The molecule has 2 aliphatic heterocycles. The van der Waals surface area contributed by atoms with Crippen LogP contribution in [0.25, 0.3) is 0 Å². The second kappa shape index (κ2) is 6.32. The Morgan fingerprint density at radius 1 is 1.35 bits per heavy atom. The summed E-state index contributed by atoms with van der Waals surface area (Å²) in [4.78, 5) is 26.3. The molecule has 0 aliphatic carbocycles. The third-order valence-electron chi connectivity index (χ3n) is 4.18. The number of cyclic esters (lactones) is 1. The van der Waals surface area contributed by atoms with Gasteiger partial charge in [0.1, 0.15) is 12.4 Å². The number of esters is 1. The van der Waals surface area contributed by atoms with Crippen LogP contribution in [0.15, 0.2) is 35.5 Å². The van der Waals surface area contributed by atoms with Gasteiger partial charge in [-0.3, -0.25) is 4.90 Å². The van der Waals surface area contributed by atoms with Crippen molar-refractivity contribution in [1.82, 2.24) is 10.2 Å². The molecule has 0 saturated heterocycles. The van der Waals surface area contributed by atoms with Gasteiger partial charge in [0, 0.05) is 12.1 Å². The topological polar surface area (TPSA) is 67.9 Å². The smallest absolute Gasteiger partial charge is 0.338 e. The standard InChI is InChI=1S/C17H20N2O4/c1-3-4-9-19-12-10-23-16(20)14(12)15(18-17(19)21)11-7-5-6-8-13(11)22-2/h5-8,15H,3-4,9-10H2,1-2H3,(H,18,21). The Hall–Kier alpha value is -2.50. The number of benzene rings is 1. The maximum atomic E-state index is 12.5. The van der Waals surface area contributed by atoms with Crippen LogP contribution in [0.4, 0.5) is 4.79 Å². The van der Waals surface area contributed by atoms with Gasteiger partial charge in [-0.2, -0.15) is 0 Å². The highest BCUT2D eigenvalue weighted by molar-refractivity contribution is 5.97. The number of carbonyl (C=O) groups excluding carboxylic acids is 2. The number of nitrogens with one attached hydrogen (secondary N) is 1. The number of amides is 2. The highest BCUT2D eigenvalue weighted by Crippen LogP contribution is 2.38. The largest absolute Gasteiger partial charge is 0.496 e. The van der Waals surface area contributed by atoms with E-state index in [0.29, 0.717) is 23.6 Å². The maximum Gasteiger partial charge on any atom is 0.338 e. The van der Waals surface area contributed by atoms with Crippen LogP contribution in [0, 0.1) is 0 Å². The van der Waals surface area contributed by atoms with E-state index in [9.17, 15) is 9.59 Å². The fourth-order valence-electron chi connectivity index (χ4n) is 3.00. The molecule has 0 bridgehead atoms. The van der Waals surface area contributed by atoms with E-state index >= 15 is 0 Å². The summed E-state index contributed by atoms with van der Waals surface area (Å²) in [7, 11) is 1.57. The minimum atomic E-state index is -0.540. The number of methoxy groups -OCH3 is 1. The number of nitrogens with zero attached hydrogens (tertiary/aromatic N) is 1. The van der Waals surface area contributed by atoms with Crippen LogP contribution < -0.4 is 10.1 Å². The number of urea groups is 1. The van der Waals surface area contributed by atoms with Crippen molar-refractivity contribution >= 4 is 12.0 Å². The predicted octanol–water partition coefficient (Wildman–Crippen LogP) is 2.37. The predicted molar refractivity (Wildman–Crippen MR) is 83.9 cm³/mol. The zero-order chi connectivity index (χ0) is 16.4. The fourth-order valence-corrected chi connectivity index (χ4v) is 3.00. The summed E-state index contributed by atoms with van der Waals surface area (Å²) in [5, 5.41) is 2.92. The number of hydrogen-bond donors (Lipinski definition) is 1. The van der Waals surface area contributed by atoms with Gasteiger partial charge >= 0.3 is 12.0 Å². The summed E-state index contributed by atoms with van der Waals surface area (Å²) in [6.07, 6.45) is 1.84. The summed E-state index contributed by atoms with van der Waals surface area (Å²) in [5.41, 5.74) is 1.93. The molecule has 122 valence electrons. The van der Waals surface area contributed by atoms with Gasteiger partial charge in [-0.15, -0.1) is 0 Å². The van der Waals surface area contributed by atoms with Gasteiger partial charge in [-0.1, -0.05) is 31.5 Å². The van der Waals surface area contributed by atoms with Gasteiger partial charge in [-0.05, 0) is 12.5 Å². The van der Waals surface area contributed by atoms with Gasteiger partial charge in [0.15, 0.2) is 0 Å². The average Bonchev–Trinajstić information content (AvgIpc) is 2.95. The number of hydrogen-bond acceptors (Lipinski definition) is 4. The lowest BCUT2D eigenvalue weighted by Gasteiger charge is -2.33. The molecule has 6 nitrogen and oxygen atoms in total. The second-order valence-corrected chi connectivity index (χ2v) is 5.57. The molecule has 6 heteroatoms. The lowest BCUT2D eigenvalue weighted by molar-refractivity contribution is -0.136. The minimum Gasteiger partial charge on any atom is -0.496 e. The summed E-state index contributed by atoms with van der Waals surface area (Å²) in [6.45, 7) is 2.79. The quantitative estimate of drug-likeness (QED) is 0.847. The maximum absolute atomic E-state index is 12.5. The van der Waals surface area contributed by atoms with Gasteiger partial charge in [0.25, 0.3) is 0 Å². The molecule has 1 aromatic rings. The van der Waals surface area contributed by atoms with E-state index in [1.807, 2.05) is 24.3 Å². The molecule has 0 spiro atoms. The van der Waals surface area contributed by atoms with Gasteiger partial charge < -0.3 is 14.8 Å². The first-order valence-corrected chi connectivity index (χ1v) is 7.78. The van der Waals surface area contributed by atoms with Gasteiger partial charge in [-0.25, -0.2) is 9.59 Å². The van der Waals surface area contributed by atoms with Crippen molar-refractivity contribution in [2.75, 3.05) is 20.3 Å². The van der Waals surface area contributed by atoms with Crippen LogP contribution in [0.2, 0.25) is 0 Å². The van der Waals surface area contributed by atoms with E-state index in [0.717, 1.165) is 18.4 Å². The van der Waals surface area contributed by atoms with Crippen LogP contribution in [0.5, 0.6) is 5.75 Å². The summed E-state index contributed by atoms with van der Waals surface area (Å²) in [5.74, 6) is 0.253. The first-order chi connectivity index (χ1) is 11.2. The normalized spacial score (nSPS) is 20.3. The molecular formula is C17H20N2O4. The van der Waals surface area contributed by atoms with Crippen LogP contribution in [0.3, 0.4) is 0 Å². The highest BCUT2D eigenvalue weighted by Gasteiger charge is 2.42. The monoisotopic (exact) mass is 316 g/mol. The van der Waals surface area contributed by atoms with E-state index in [1.165, 1.54) is 0 Å². The van der Waals surface area contributed by atoms with E-state index in [4.69, 9.17) is 9.47 Å². The van der Waals surface area contributed by atoms with Crippen molar-refractivity contribution in [1.29, 1.82) is 0 Å². The Morgan fingerprint density at radius 2 is 2.13 bits per heavy atom. The number of rotatable bonds is 5. The first-order valence-electron chi connectivity index (χ1n) is 7.78. The van der Waals surface area contributed by atoms with Crippen LogP contribution >= 0.6 is 0 Å². The van der Waals surface area contributed by atoms with Crippen molar-refractivity contribution in [3.8, 4) is 5.75 Å². The van der Waals surface area contributed by atoms with Crippen LogP contribution in [-0.4, -0.2) is 37.2 Å². The number of carbonyl (C=O) groups is 2. The van der Waals surface area contributed by atoms with Crippen molar-refractivity contribution in [3.05, 3.63) is 41.1 Å². The molecule has 1 N–H and O–H groups in total. The molecule has 2 amide bonds. The SMILES string of the molecule is CCCCN1C(=O)NC(c2ccccc2OC)C2=C1COC2=O. The zero-order valence-electron chi connectivity index (χ0n) is 13.3. The number of para-hydroxylation sites is 1. The van der Waals surface area contributed by atoms with Crippen molar-refractivity contribution in [2.24, 2.45) is 0 Å². The van der Waals surface area contributed by atoms with Crippen molar-refractivity contribution < 1.29 is 19.1 Å². The molecule has 1 aromatic carbocycles. The third kappa shape index (κ3) is 2.65. The molecule has 0 saturated carbocycles.